The summed E-state index contributed by atoms with van der Waals surface area (Å²) < 4.78 is 11.2. The predicted molar refractivity (Wildman–Crippen MR) is 68.1 cm³/mol. The molecule has 1 aliphatic rings. The Labute approximate surface area is 103 Å². The summed E-state index contributed by atoms with van der Waals surface area (Å²) in [6.07, 6.45) is 2.20. The van der Waals surface area contributed by atoms with Gasteiger partial charge in [-0.2, -0.15) is 0 Å². The summed E-state index contributed by atoms with van der Waals surface area (Å²) in [6, 6.07) is 8.04. The van der Waals surface area contributed by atoms with E-state index in [9.17, 15) is 0 Å². The van der Waals surface area contributed by atoms with Gasteiger partial charge in [-0.15, -0.1) is 0 Å². The first-order valence-corrected chi connectivity index (χ1v) is 6.32. The van der Waals surface area contributed by atoms with E-state index in [2.05, 4.69) is 0 Å². The lowest BCUT2D eigenvalue weighted by molar-refractivity contribution is 0.0496. The Balaban J connectivity index is 1.93. The van der Waals surface area contributed by atoms with Crippen LogP contribution in [0.15, 0.2) is 24.3 Å². The molecule has 0 amide bonds. The van der Waals surface area contributed by atoms with Crippen molar-refractivity contribution in [3.05, 3.63) is 29.8 Å². The third-order valence-electron chi connectivity index (χ3n) is 3.22. The third kappa shape index (κ3) is 3.45. The van der Waals surface area contributed by atoms with Gasteiger partial charge >= 0.3 is 0 Å². The number of benzene rings is 1. The van der Waals surface area contributed by atoms with Crippen molar-refractivity contribution in [3.63, 3.8) is 0 Å². The van der Waals surface area contributed by atoms with Crippen molar-refractivity contribution in [1.29, 1.82) is 0 Å². The van der Waals surface area contributed by atoms with Crippen molar-refractivity contribution in [2.45, 2.75) is 25.8 Å². The van der Waals surface area contributed by atoms with Crippen LogP contribution in [0.3, 0.4) is 0 Å². The fourth-order valence-electron chi connectivity index (χ4n) is 2.11. The summed E-state index contributed by atoms with van der Waals surface area (Å²) in [5.74, 6) is 1.54. The average molecular weight is 235 g/mol. The monoisotopic (exact) mass is 235 g/mol. The van der Waals surface area contributed by atoms with Gasteiger partial charge in [0.25, 0.3) is 0 Å². The number of para-hydroxylation sites is 1. The molecule has 1 fully saturated rings. The molecule has 17 heavy (non-hydrogen) atoms. The van der Waals surface area contributed by atoms with Crippen molar-refractivity contribution in [3.8, 4) is 5.75 Å². The molecule has 2 N–H and O–H groups in total. The van der Waals surface area contributed by atoms with E-state index in [1.165, 1.54) is 0 Å². The molecule has 94 valence electrons. The topological polar surface area (TPSA) is 44.5 Å². The van der Waals surface area contributed by atoms with Crippen LogP contribution in [0.25, 0.3) is 0 Å². The molecule has 3 heteroatoms. The molecule has 0 spiro atoms. The van der Waals surface area contributed by atoms with Crippen LogP contribution in [0, 0.1) is 5.92 Å². The summed E-state index contributed by atoms with van der Waals surface area (Å²) in [5, 5.41) is 0. The second-order valence-electron chi connectivity index (χ2n) is 4.69. The predicted octanol–water partition coefficient (Wildman–Crippen LogP) is 2.51. The van der Waals surface area contributed by atoms with Gasteiger partial charge < -0.3 is 15.2 Å². The van der Waals surface area contributed by atoms with E-state index in [-0.39, 0.29) is 6.04 Å². The number of nitrogens with two attached hydrogens (primary N) is 1. The molecule has 3 nitrogen and oxygen atoms in total. The first-order valence-electron chi connectivity index (χ1n) is 6.32. The lowest BCUT2D eigenvalue weighted by atomic mass is 10.0. The number of rotatable bonds is 4. The molecular formula is C14H21NO2. The molecule has 1 unspecified atom stereocenters. The molecule has 1 atom stereocenters. The Morgan fingerprint density at radius 1 is 1.35 bits per heavy atom. The van der Waals surface area contributed by atoms with Crippen molar-refractivity contribution < 1.29 is 9.47 Å². The molecule has 1 saturated heterocycles. The third-order valence-corrected chi connectivity index (χ3v) is 3.22. The van der Waals surface area contributed by atoms with Crippen LogP contribution in [0.2, 0.25) is 0 Å². The Hall–Kier alpha value is -1.06. The first-order chi connectivity index (χ1) is 8.27. The highest BCUT2D eigenvalue weighted by molar-refractivity contribution is 5.35. The highest BCUT2D eigenvalue weighted by atomic mass is 16.5. The van der Waals surface area contributed by atoms with Gasteiger partial charge in [-0.3, -0.25) is 0 Å². The van der Waals surface area contributed by atoms with Gasteiger partial charge in [0.15, 0.2) is 0 Å². The molecular weight excluding hydrogens is 214 g/mol. The lowest BCUT2D eigenvalue weighted by Gasteiger charge is -2.23. The van der Waals surface area contributed by atoms with Crippen LogP contribution in [0.5, 0.6) is 5.75 Å². The van der Waals surface area contributed by atoms with Gasteiger partial charge in [0.05, 0.1) is 6.61 Å². The normalized spacial score (nSPS) is 18.9. The second-order valence-corrected chi connectivity index (χ2v) is 4.69. The fourth-order valence-corrected chi connectivity index (χ4v) is 2.11. The molecule has 1 aromatic carbocycles. The Morgan fingerprint density at radius 3 is 2.76 bits per heavy atom. The zero-order valence-electron chi connectivity index (χ0n) is 10.4. The van der Waals surface area contributed by atoms with Gasteiger partial charge in [0, 0.05) is 24.8 Å². The van der Waals surface area contributed by atoms with Crippen LogP contribution in [-0.4, -0.2) is 19.8 Å². The van der Waals surface area contributed by atoms with Crippen molar-refractivity contribution >= 4 is 0 Å². The van der Waals surface area contributed by atoms with Crippen molar-refractivity contribution in [2.75, 3.05) is 19.8 Å². The standard InChI is InChI=1S/C14H21NO2/c1-11(15)13-4-2-3-5-14(13)17-10-12-6-8-16-9-7-12/h2-5,11-12H,6-10,15H2,1H3. The van der Waals surface area contributed by atoms with Crippen LogP contribution in [-0.2, 0) is 4.74 Å². The largest absolute Gasteiger partial charge is 0.493 e. The Kier molecular flexibility index (Phi) is 4.40. The van der Waals surface area contributed by atoms with Crippen LogP contribution >= 0.6 is 0 Å². The van der Waals surface area contributed by atoms with Crippen LogP contribution < -0.4 is 10.5 Å². The number of ether oxygens (including phenoxy) is 2. The quantitative estimate of drug-likeness (QED) is 0.872. The smallest absolute Gasteiger partial charge is 0.124 e. The molecule has 0 radical (unpaired) electrons. The molecule has 1 aliphatic heterocycles. The minimum atomic E-state index is 0.0147. The molecule has 0 aliphatic carbocycles. The van der Waals surface area contributed by atoms with Gasteiger partial charge in [-0.1, -0.05) is 18.2 Å². The summed E-state index contributed by atoms with van der Waals surface area (Å²) in [5.41, 5.74) is 7.01. The molecule has 1 aromatic rings. The van der Waals surface area contributed by atoms with E-state index in [1.54, 1.807) is 0 Å². The average Bonchev–Trinajstić information content (AvgIpc) is 2.38. The van der Waals surface area contributed by atoms with E-state index in [0.29, 0.717) is 5.92 Å². The first kappa shape index (κ1) is 12.4. The van der Waals surface area contributed by atoms with Gasteiger partial charge in [0.2, 0.25) is 0 Å². The molecule has 0 saturated carbocycles. The SMILES string of the molecule is CC(N)c1ccccc1OCC1CCOCC1. The van der Waals surface area contributed by atoms with E-state index in [1.807, 2.05) is 31.2 Å². The summed E-state index contributed by atoms with van der Waals surface area (Å²) >= 11 is 0. The summed E-state index contributed by atoms with van der Waals surface area (Å²) in [4.78, 5) is 0. The van der Waals surface area contributed by atoms with E-state index in [4.69, 9.17) is 15.2 Å². The summed E-state index contributed by atoms with van der Waals surface area (Å²) in [6.45, 7) is 4.48. The number of hydrogen-bond donors (Lipinski definition) is 1. The molecule has 0 bridgehead atoms. The minimum absolute atomic E-state index is 0.0147. The maximum atomic E-state index is 5.92. The Morgan fingerprint density at radius 2 is 2.06 bits per heavy atom. The lowest BCUT2D eigenvalue weighted by Crippen LogP contribution is -2.22. The van der Waals surface area contributed by atoms with E-state index in [0.717, 1.165) is 44.0 Å². The molecule has 0 aromatic heterocycles. The number of hydrogen-bond acceptors (Lipinski definition) is 3. The maximum absolute atomic E-state index is 5.92. The van der Waals surface area contributed by atoms with Crippen molar-refractivity contribution in [1.82, 2.24) is 0 Å². The van der Waals surface area contributed by atoms with E-state index < -0.39 is 0 Å². The molecule has 1 heterocycles. The van der Waals surface area contributed by atoms with Crippen molar-refractivity contribution in [2.24, 2.45) is 11.7 Å². The van der Waals surface area contributed by atoms with Crippen LogP contribution in [0.1, 0.15) is 31.4 Å². The minimum Gasteiger partial charge on any atom is -0.493 e. The van der Waals surface area contributed by atoms with Gasteiger partial charge in [-0.05, 0) is 31.7 Å². The Bertz CT molecular complexity index is 346. The fraction of sp³-hybridized carbons (Fsp3) is 0.571. The van der Waals surface area contributed by atoms with Gasteiger partial charge in [-0.25, -0.2) is 0 Å². The zero-order valence-corrected chi connectivity index (χ0v) is 10.4. The summed E-state index contributed by atoms with van der Waals surface area (Å²) in [7, 11) is 0. The maximum Gasteiger partial charge on any atom is 0.124 e. The van der Waals surface area contributed by atoms with Gasteiger partial charge in [0.1, 0.15) is 5.75 Å². The van der Waals surface area contributed by atoms with E-state index >= 15 is 0 Å². The highest BCUT2D eigenvalue weighted by Gasteiger charge is 2.15. The highest BCUT2D eigenvalue weighted by Crippen LogP contribution is 2.25. The van der Waals surface area contributed by atoms with Crippen LogP contribution in [0.4, 0.5) is 0 Å². The molecule has 2 rings (SSSR count). The zero-order chi connectivity index (χ0) is 12.1. The second kappa shape index (κ2) is 6.03.